The fraction of sp³-hybridized carbons (Fsp3) is 0.455. The SMILES string of the molecule is CN=C(NCCCOc1ccccc1)NCc1ccc(N2CCN(C)CC2)nc1. The minimum Gasteiger partial charge on any atom is -0.494 e. The van der Waals surface area contributed by atoms with Crippen molar-refractivity contribution < 1.29 is 4.74 Å². The standard InChI is InChI=1S/C22H32N6O/c1-23-22(24-11-6-16-29-20-7-4-3-5-8-20)26-18-19-9-10-21(25-17-19)28-14-12-27(2)13-15-28/h3-5,7-10,17H,6,11-16,18H2,1-2H3,(H2,23,24,26). The average Bonchev–Trinajstić information content (AvgIpc) is 2.77. The first kappa shape index (κ1) is 20.9. The van der Waals surface area contributed by atoms with E-state index in [0.717, 1.165) is 62.2 Å². The first-order valence-corrected chi connectivity index (χ1v) is 10.3. The van der Waals surface area contributed by atoms with Gasteiger partial charge in [-0.1, -0.05) is 24.3 Å². The Kier molecular flexibility index (Phi) is 8.12. The van der Waals surface area contributed by atoms with E-state index >= 15 is 0 Å². The molecule has 2 N–H and O–H groups in total. The molecule has 1 aromatic carbocycles. The molecule has 156 valence electrons. The highest BCUT2D eigenvalue weighted by Gasteiger charge is 2.14. The Morgan fingerprint density at radius 1 is 1.07 bits per heavy atom. The molecule has 0 radical (unpaired) electrons. The monoisotopic (exact) mass is 396 g/mol. The van der Waals surface area contributed by atoms with Gasteiger partial charge in [0.05, 0.1) is 6.61 Å². The highest BCUT2D eigenvalue weighted by atomic mass is 16.5. The molecule has 2 heterocycles. The summed E-state index contributed by atoms with van der Waals surface area (Å²) in [4.78, 5) is 13.6. The summed E-state index contributed by atoms with van der Waals surface area (Å²) in [5, 5.41) is 6.66. The molecular weight excluding hydrogens is 364 g/mol. The van der Waals surface area contributed by atoms with Crippen molar-refractivity contribution in [3.63, 3.8) is 0 Å². The number of nitrogens with one attached hydrogen (secondary N) is 2. The van der Waals surface area contributed by atoms with E-state index < -0.39 is 0 Å². The number of para-hydroxylation sites is 1. The van der Waals surface area contributed by atoms with Gasteiger partial charge >= 0.3 is 0 Å². The van der Waals surface area contributed by atoms with Crippen molar-refractivity contribution in [2.45, 2.75) is 13.0 Å². The number of anilines is 1. The third kappa shape index (κ3) is 6.94. The lowest BCUT2D eigenvalue weighted by Gasteiger charge is -2.33. The maximum Gasteiger partial charge on any atom is 0.191 e. The number of nitrogens with zero attached hydrogens (tertiary/aromatic N) is 4. The molecule has 0 saturated carbocycles. The van der Waals surface area contributed by atoms with Crippen molar-refractivity contribution >= 4 is 11.8 Å². The van der Waals surface area contributed by atoms with E-state index in [1.807, 2.05) is 36.5 Å². The van der Waals surface area contributed by atoms with E-state index in [-0.39, 0.29) is 0 Å². The molecule has 0 spiro atoms. The number of pyridine rings is 1. The fourth-order valence-electron chi connectivity index (χ4n) is 3.14. The Bertz CT molecular complexity index is 742. The van der Waals surface area contributed by atoms with Crippen LogP contribution in [-0.2, 0) is 6.54 Å². The number of rotatable bonds is 8. The summed E-state index contributed by atoms with van der Waals surface area (Å²) in [7, 11) is 3.95. The van der Waals surface area contributed by atoms with Crippen molar-refractivity contribution in [1.29, 1.82) is 0 Å². The maximum absolute atomic E-state index is 5.70. The first-order chi connectivity index (χ1) is 14.2. The predicted octanol–water partition coefficient (Wildman–Crippen LogP) is 1.97. The minimum atomic E-state index is 0.672. The number of likely N-dealkylation sites (N-methyl/N-ethyl adjacent to an activating group) is 1. The van der Waals surface area contributed by atoms with Crippen LogP contribution in [0.25, 0.3) is 0 Å². The van der Waals surface area contributed by atoms with Crippen LogP contribution >= 0.6 is 0 Å². The van der Waals surface area contributed by atoms with Gasteiger partial charge in [-0.25, -0.2) is 4.98 Å². The third-order valence-electron chi connectivity index (χ3n) is 4.95. The lowest BCUT2D eigenvalue weighted by Crippen LogP contribution is -2.44. The quantitative estimate of drug-likeness (QED) is 0.404. The van der Waals surface area contributed by atoms with Gasteiger partial charge in [-0.2, -0.15) is 0 Å². The van der Waals surface area contributed by atoms with E-state index in [2.05, 4.69) is 49.6 Å². The zero-order valence-corrected chi connectivity index (χ0v) is 17.5. The second-order valence-electron chi connectivity index (χ2n) is 7.18. The molecule has 0 aliphatic carbocycles. The largest absolute Gasteiger partial charge is 0.494 e. The molecule has 0 amide bonds. The summed E-state index contributed by atoms with van der Waals surface area (Å²) in [5.74, 6) is 2.75. The van der Waals surface area contributed by atoms with Crippen LogP contribution in [0.5, 0.6) is 5.75 Å². The van der Waals surface area contributed by atoms with Gasteiger partial charge in [0.25, 0.3) is 0 Å². The number of guanidine groups is 1. The van der Waals surface area contributed by atoms with Crippen molar-refractivity contribution in [1.82, 2.24) is 20.5 Å². The van der Waals surface area contributed by atoms with Crippen LogP contribution < -0.4 is 20.3 Å². The fourth-order valence-corrected chi connectivity index (χ4v) is 3.14. The molecule has 1 fully saturated rings. The predicted molar refractivity (Wildman–Crippen MR) is 119 cm³/mol. The Labute approximate surface area is 173 Å². The lowest BCUT2D eigenvalue weighted by atomic mass is 10.2. The van der Waals surface area contributed by atoms with E-state index in [4.69, 9.17) is 4.74 Å². The molecule has 7 heteroatoms. The van der Waals surface area contributed by atoms with Gasteiger partial charge in [0.1, 0.15) is 11.6 Å². The summed E-state index contributed by atoms with van der Waals surface area (Å²) in [6, 6.07) is 14.1. The minimum absolute atomic E-state index is 0.672. The second kappa shape index (κ2) is 11.3. The van der Waals surface area contributed by atoms with Crippen LogP contribution in [0.4, 0.5) is 5.82 Å². The van der Waals surface area contributed by atoms with E-state index in [1.165, 1.54) is 0 Å². The number of ether oxygens (including phenoxy) is 1. The number of aromatic nitrogens is 1. The topological polar surface area (TPSA) is 65.0 Å². The molecule has 0 atom stereocenters. The molecule has 0 bridgehead atoms. The van der Waals surface area contributed by atoms with Crippen molar-refractivity contribution in [3.8, 4) is 5.75 Å². The molecule has 29 heavy (non-hydrogen) atoms. The zero-order chi connectivity index (χ0) is 20.3. The highest BCUT2D eigenvalue weighted by molar-refractivity contribution is 5.79. The number of benzene rings is 1. The van der Waals surface area contributed by atoms with Crippen LogP contribution in [0.3, 0.4) is 0 Å². The Morgan fingerprint density at radius 2 is 1.86 bits per heavy atom. The van der Waals surface area contributed by atoms with E-state index in [1.54, 1.807) is 7.05 Å². The molecule has 0 unspecified atom stereocenters. The summed E-state index contributed by atoms with van der Waals surface area (Å²) in [6.07, 6.45) is 2.85. The number of hydrogen-bond donors (Lipinski definition) is 2. The highest BCUT2D eigenvalue weighted by Crippen LogP contribution is 2.13. The first-order valence-electron chi connectivity index (χ1n) is 10.3. The van der Waals surface area contributed by atoms with Crippen LogP contribution in [0.1, 0.15) is 12.0 Å². The Hall–Kier alpha value is -2.80. The summed E-state index contributed by atoms with van der Waals surface area (Å²) in [5.41, 5.74) is 1.14. The number of hydrogen-bond acceptors (Lipinski definition) is 5. The summed E-state index contributed by atoms with van der Waals surface area (Å²) < 4.78 is 5.70. The van der Waals surface area contributed by atoms with Gasteiger partial charge in [-0.15, -0.1) is 0 Å². The average molecular weight is 397 g/mol. The molecule has 1 aliphatic rings. The normalized spacial score (nSPS) is 15.2. The Balaban J connectivity index is 1.34. The molecule has 3 rings (SSSR count). The van der Waals surface area contributed by atoms with Crippen molar-refractivity contribution in [2.24, 2.45) is 4.99 Å². The van der Waals surface area contributed by atoms with Gasteiger partial charge in [0, 0.05) is 52.5 Å². The smallest absolute Gasteiger partial charge is 0.191 e. The van der Waals surface area contributed by atoms with Crippen LogP contribution in [0, 0.1) is 0 Å². The van der Waals surface area contributed by atoms with Gasteiger partial charge < -0.3 is 25.2 Å². The Morgan fingerprint density at radius 3 is 2.55 bits per heavy atom. The van der Waals surface area contributed by atoms with Crippen LogP contribution in [-0.4, -0.2) is 69.3 Å². The van der Waals surface area contributed by atoms with Crippen LogP contribution in [0.15, 0.2) is 53.7 Å². The second-order valence-corrected chi connectivity index (χ2v) is 7.18. The lowest BCUT2D eigenvalue weighted by molar-refractivity contribution is 0.311. The van der Waals surface area contributed by atoms with Gasteiger partial charge in [-0.3, -0.25) is 4.99 Å². The number of aliphatic imine (C=N–C) groups is 1. The molecular formula is C22H32N6O. The maximum atomic E-state index is 5.70. The van der Waals surface area contributed by atoms with Gasteiger partial charge in [0.2, 0.25) is 0 Å². The molecule has 1 aromatic heterocycles. The van der Waals surface area contributed by atoms with Crippen molar-refractivity contribution in [3.05, 3.63) is 54.2 Å². The molecule has 1 aliphatic heterocycles. The van der Waals surface area contributed by atoms with E-state index in [0.29, 0.717) is 13.2 Å². The summed E-state index contributed by atoms with van der Waals surface area (Å²) >= 11 is 0. The molecule has 1 saturated heterocycles. The van der Waals surface area contributed by atoms with Crippen LogP contribution in [0.2, 0.25) is 0 Å². The molecule has 2 aromatic rings. The number of piperazine rings is 1. The van der Waals surface area contributed by atoms with Gasteiger partial charge in [0.15, 0.2) is 5.96 Å². The zero-order valence-electron chi connectivity index (χ0n) is 17.5. The summed E-state index contributed by atoms with van der Waals surface area (Å²) in [6.45, 7) is 6.40. The van der Waals surface area contributed by atoms with Crippen molar-refractivity contribution in [2.75, 3.05) is 58.3 Å². The van der Waals surface area contributed by atoms with Gasteiger partial charge in [-0.05, 0) is 37.2 Å². The third-order valence-corrected chi connectivity index (χ3v) is 4.95. The van der Waals surface area contributed by atoms with E-state index in [9.17, 15) is 0 Å². The molecule has 7 nitrogen and oxygen atoms in total.